The van der Waals surface area contributed by atoms with Crippen LogP contribution in [0.3, 0.4) is 0 Å². The van der Waals surface area contributed by atoms with Crippen molar-refractivity contribution in [3.05, 3.63) is 0 Å². The number of carboxylic acid groups (broad SMARTS) is 2. The Morgan fingerprint density at radius 1 is 1.33 bits per heavy atom. The van der Waals surface area contributed by atoms with Crippen LogP contribution in [-0.2, 0) is 19.2 Å². The second-order valence-electron chi connectivity index (χ2n) is 4.86. The van der Waals surface area contributed by atoms with Crippen molar-refractivity contribution in [2.24, 2.45) is 11.7 Å². The van der Waals surface area contributed by atoms with Gasteiger partial charge in [-0.15, -0.1) is 0 Å². The van der Waals surface area contributed by atoms with Crippen molar-refractivity contribution in [2.45, 2.75) is 31.3 Å². The van der Waals surface area contributed by atoms with E-state index in [9.17, 15) is 19.2 Å². The number of hydrogen-bond donors (Lipinski definition) is 4. The van der Waals surface area contributed by atoms with Gasteiger partial charge in [0.1, 0.15) is 17.9 Å². The first-order valence-electron chi connectivity index (χ1n) is 6.42. The minimum atomic E-state index is -1.17. The average Bonchev–Trinajstić information content (AvgIpc) is 2.58. The number of ketones is 1. The van der Waals surface area contributed by atoms with Gasteiger partial charge in [-0.1, -0.05) is 0 Å². The zero-order valence-electron chi connectivity index (χ0n) is 11.3. The molecule has 5 N–H and O–H groups in total. The number of amides is 1. The van der Waals surface area contributed by atoms with Crippen LogP contribution in [0.4, 0.5) is 0 Å². The van der Waals surface area contributed by atoms with Crippen LogP contribution in [-0.4, -0.2) is 57.4 Å². The fourth-order valence-electron chi connectivity index (χ4n) is 1.84. The average molecular weight is 318 g/mol. The molecule has 1 amide bonds. The lowest BCUT2D eigenvalue weighted by Gasteiger charge is -2.13. The van der Waals surface area contributed by atoms with Gasteiger partial charge in [0, 0.05) is 24.3 Å². The first kappa shape index (κ1) is 17.4. The Kier molecular flexibility index (Phi) is 6.63. The van der Waals surface area contributed by atoms with Gasteiger partial charge in [0.15, 0.2) is 0 Å². The maximum Gasteiger partial charge on any atom is 0.327 e. The lowest BCUT2D eigenvalue weighted by molar-refractivity contribution is -0.141. The quantitative estimate of drug-likeness (QED) is 0.471. The molecule has 0 aromatic carbocycles. The highest BCUT2D eigenvalue weighted by Crippen LogP contribution is 2.19. The van der Waals surface area contributed by atoms with Crippen LogP contribution in [0.1, 0.15) is 19.3 Å². The van der Waals surface area contributed by atoms with Crippen LogP contribution in [0, 0.1) is 5.92 Å². The van der Waals surface area contributed by atoms with Gasteiger partial charge in [-0.25, -0.2) is 4.79 Å². The molecule has 3 atom stereocenters. The van der Waals surface area contributed by atoms with E-state index in [1.165, 1.54) is 11.8 Å². The Hall–Kier alpha value is -1.61. The second kappa shape index (κ2) is 7.99. The minimum Gasteiger partial charge on any atom is -0.480 e. The zero-order valence-corrected chi connectivity index (χ0v) is 12.1. The molecule has 1 heterocycles. The molecule has 0 spiro atoms. The maximum absolute atomic E-state index is 11.9. The summed E-state index contributed by atoms with van der Waals surface area (Å²) in [4.78, 5) is 45.0. The highest BCUT2D eigenvalue weighted by atomic mass is 32.2. The molecule has 0 aliphatic carbocycles. The molecule has 0 aromatic heterocycles. The van der Waals surface area contributed by atoms with Crippen LogP contribution < -0.4 is 11.1 Å². The normalized spacial score (nSPS) is 23.8. The van der Waals surface area contributed by atoms with E-state index in [2.05, 4.69) is 5.32 Å². The highest BCUT2D eigenvalue weighted by molar-refractivity contribution is 7.99. The molecule has 0 unspecified atom stereocenters. The first-order valence-corrected chi connectivity index (χ1v) is 7.57. The summed E-state index contributed by atoms with van der Waals surface area (Å²) in [6.07, 6.45) is -0.0187. The van der Waals surface area contributed by atoms with E-state index >= 15 is 0 Å². The van der Waals surface area contributed by atoms with E-state index in [0.29, 0.717) is 5.75 Å². The predicted octanol–water partition coefficient (Wildman–Crippen LogP) is -0.930. The van der Waals surface area contributed by atoms with E-state index < -0.39 is 35.8 Å². The molecule has 21 heavy (non-hydrogen) atoms. The lowest BCUT2D eigenvalue weighted by atomic mass is 9.99. The van der Waals surface area contributed by atoms with Crippen LogP contribution in [0.2, 0.25) is 0 Å². The summed E-state index contributed by atoms with van der Waals surface area (Å²) in [7, 11) is 0. The number of carbonyl (C=O) groups excluding carboxylic acids is 2. The fraction of sp³-hybridized carbons (Fsp3) is 0.667. The van der Waals surface area contributed by atoms with Crippen molar-refractivity contribution >= 4 is 35.4 Å². The molecule has 1 aliphatic rings. The number of nitrogens with two attached hydrogens (primary N) is 1. The van der Waals surface area contributed by atoms with Crippen molar-refractivity contribution in [1.82, 2.24) is 5.32 Å². The summed E-state index contributed by atoms with van der Waals surface area (Å²) >= 11 is 1.30. The topological polar surface area (TPSA) is 147 Å². The third kappa shape index (κ3) is 5.72. The number of hydrogen-bond acceptors (Lipinski definition) is 6. The van der Waals surface area contributed by atoms with Crippen molar-refractivity contribution in [3.63, 3.8) is 0 Å². The Labute approximate surface area is 125 Å². The van der Waals surface area contributed by atoms with Gasteiger partial charge in [-0.05, 0) is 6.42 Å². The second-order valence-corrected chi connectivity index (χ2v) is 5.93. The monoisotopic (exact) mass is 318 g/mol. The molecule has 1 fully saturated rings. The third-order valence-corrected chi connectivity index (χ3v) is 4.32. The van der Waals surface area contributed by atoms with Gasteiger partial charge in [0.2, 0.25) is 5.91 Å². The number of rotatable bonds is 7. The van der Waals surface area contributed by atoms with Crippen molar-refractivity contribution in [1.29, 1.82) is 0 Å². The highest BCUT2D eigenvalue weighted by Gasteiger charge is 2.30. The molecule has 0 bridgehead atoms. The van der Waals surface area contributed by atoms with Crippen LogP contribution in [0.15, 0.2) is 0 Å². The molecule has 118 valence electrons. The van der Waals surface area contributed by atoms with E-state index in [-0.39, 0.29) is 30.8 Å². The summed E-state index contributed by atoms with van der Waals surface area (Å²) < 4.78 is 0. The molecule has 8 nitrogen and oxygen atoms in total. The fourth-order valence-corrected chi connectivity index (χ4v) is 2.99. The summed E-state index contributed by atoms with van der Waals surface area (Å²) in [6.45, 7) is 0. The van der Waals surface area contributed by atoms with Gasteiger partial charge in [0.25, 0.3) is 0 Å². The van der Waals surface area contributed by atoms with Crippen LogP contribution in [0.25, 0.3) is 0 Å². The van der Waals surface area contributed by atoms with Gasteiger partial charge in [0.05, 0.1) is 5.92 Å². The number of nitrogens with one attached hydrogen (secondary N) is 1. The van der Waals surface area contributed by atoms with Gasteiger partial charge in [-0.2, -0.15) is 11.8 Å². The molecule has 9 heteroatoms. The summed E-state index contributed by atoms with van der Waals surface area (Å²) in [5.41, 5.74) is 5.30. The Balaban J connectivity index is 2.46. The Morgan fingerprint density at radius 3 is 2.57 bits per heavy atom. The molecule has 1 aliphatic heterocycles. The van der Waals surface area contributed by atoms with Gasteiger partial charge >= 0.3 is 11.9 Å². The molecule has 0 radical (unpaired) electrons. The van der Waals surface area contributed by atoms with Crippen molar-refractivity contribution < 1.29 is 29.4 Å². The van der Waals surface area contributed by atoms with Gasteiger partial charge < -0.3 is 21.3 Å². The van der Waals surface area contributed by atoms with E-state index in [1.807, 2.05) is 0 Å². The standard InChI is InChI=1S/C12H18N2O6S/c13-8(11(17)18)2-1-7(15)3-6-4-21-5-9(12(19)20)14-10(6)16/h6,8-9H,1-5,13H2,(H,14,16)(H,17,18)(H,19,20)/t6-,8+,9+/m1/s1. The number of thioether (sulfide) groups is 1. The SMILES string of the molecule is N[C@@H](CCC(=O)C[C@@H]1CSC[C@@H](C(=O)O)NC1=O)C(=O)O. The molecule has 0 aromatic rings. The Bertz CT molecular complexity index is 441. The van der Waals surface area contributed by atoms with Gasteiger partial charge in [-0.3, -0.25) is 14.4 Å². The summed E-state index contributed by atoms with van der Waals surface area (Å²) in [6, 6.07) is -2.04. The van der Waals surface area contributed by atoms with Crippen molar-refractivity contribution in [2.75, 3.05) is 11.5 Å². The molecule has 1 rings (SSSR count). The number of Topliss-reactive ketones (excluding diaryl/α,β-unsaturated/α-hetero) is 1. The van der Waals surface area contributed by atoms with E-state index in [1.54, 1.807) is 0 Å². The first-order chi connectivity index (χ1) is 9.81. The van der Waals surface area contributed by atoms with E-state index in [0.717, 1.165) is 0 Å². The lowest BCUT2D eigenvalue weighted by Crippen LogP contribution is -2.43. The van der Waals surface area contributed by atoms with Crippen LogP contribution >= 0.6 is 11.8 Å². The number of carboxylic acids is 2. The Morgan fingerprint density at radius 2 is 2.00 bits per heavy atom. The number of aliphatic carboxylic acids is 2. The third-order valence-electron chi connectivity index (χ3n) is 3.11. The molecule has 0 saturated carbocycles. The van der Waals surface area contributed by atoms with E-state index in [4.69, 9.17) is 15.9 Å². The summed E-state index contributed by atoms with van der Waals surface area (Å²) in [5.74, 6) is -2.94. The van der Waals surface area contributed by atoms with Crippen molar-refractivity contribution in [3.8, 4) is 0 Å². The summed E-state index contributed by atoms with van der Waals surface area (Å²) in [5, 5.41) is 19.9. The smallest absolute Gasteiger partial charge is 0.327 e. The molecular weight excluding hydrogens is 300 g/mol. The maximum atomic E-state index is 11.9. The molecular formula is C12H18N2O6S. The predicted molar refractivity (Wildman–Crippen MR) is 74.9 cm³/mol. The minimum absolute atomic E-state index is 0.00965. The largest absolute Gasteiger partial charge is 0.480 e. The van der Waals surface area contributed by atoms with Crippen LogP contribution in [0.5, 0.6) is 0 Å². The molecule has 1 saturated heterocycles. The zero-order chi connectivity index (χ0) is 16.0. The number of carbonyl (C=O) groups is 4.